The van der Waals surface area contributed by atoms with E-state index in [1.54, 1.807) is 52.0 Å². The van der Waals surface area contributed by atoms with E-state index in [4.69, 9.17) is 23.4 Å². The van der Waals surface area contributed by atoms with Crippen molar-refractivity contribution in [2.45, 2.75) is 15.9 Å². The number of likely N-dealkylation sites (N-methyl/N-ethyl adjacent to an activating group) is 1. The van der Waals surface area contributed by atoms with Crippen molar-refractivity contribution in [3.63, 3.8) is 0 Å². The van der Waals surface area contributed by atoms with Crippen LogP contribution in [0.25, 0.3) is 0 Å². The van der Waals surface area contributed by atoms with Crippen molar-refractivity contribution in [1.82, 2.24) is 0 Å². The van der Waals surface area contributed by atoms with E-state index in [9.17, 15) is 0 Å². The van der Waals surface area contributed by atoms with Crippen molar-refractivity contribution in [2.75, 3.05) is 47.4 Å². The van der Waals surface area contributed by atoms with Crippen LogP contribution < -0.4 is 24.8 Å². The molecule has 0 aromatic heterocycles. The molecule has 1 unspecified atom stereocenters. The molecule has 3 aliphatic rings. The van der Waals surface area contributed by atoms with Crippen molar-refractivity contribution in [2.24, 2.45) is 5.73 Å². The van der Waals surface area contributed by atoms with Crippen LogP contribution in [0.3, 0.4) is 0 Å². The minimum atomic E-state index is -0.349. The number of carbonyl (C=O) groups excluding carboxylic acids is 1. The Kier molecular flexibility index (Phi) is 6.94. The van der Waals surface area contributed by atoms with E-state index in [0.717, 1.165) is 59.8 Å². The molecule has 1 aliphatic carbocycles. The van der Waals surface area contributed by atoms with Gasteiger partial charge in [0, 0.05) is 19.1 Å². The minimum absolute atomic E-state index is 0.349. The number of benzene rings is 2. The number of ether oxygens (including phenoxy) is 4. The first-order valence-corrected chi connectivity index (χ1v) is 11.9. The Labute approximate surface area is 202 Å². The number of methoxy groups -OCH3 is 3. The van der Waals surface area contributed by atoms with Crippen LogP contribution in [0.4, 0.5) is 5.69 Å². The second-order valence-corrected chi connectivity index (χ2v) is 9.20. The van der Waals surface area contributed by atoms with Crippen molar-refractivity contribution in [3.8, 4) is 17.2 Å². The molecular formula is C24H27N2O5S2+. The molecule has 2 N–H and O–H groups in total. The van der Waals surface area contributed by atoms with Gasteiger partial charge in [0.1, 0.15) is 23.4 Å². The maximum atomic E-state index is 6.37. The molecule has 2 aliphatic heterocycles. The van der Waals surface area contributed by atoms with Gasteiger partial charge in [0.2, 0.25) is 0 Å². The number of nitrogens with two attached hydrogens (primary N) is 1. The highest BCUT2D eigenvalue weighted by Crippen LogP contribution is 2.54. The zero-order valence-corrected chi connectivity index (χ0v) is 21.1. The molecule has 0 spiro atoms. The molecule has 2 aromatic rings. The van der Waals surface area contributed by atoms with Crippen molar-refractivity contribution < 1.29 is 23.4 Å². The first-order chi connectivity index (χ1) is 16.1. The van der Waals surface area contributed by atoms with Crippen molar-refractivity contribution in [3.05, 3.63) is 57.7 Å². The van der Waals surface area contributed by atoms with Crippen LogP contribution in [-0.2, 0) is 9.16 Å². The molecule has 0 amide bonds. The maximum Gasteiger partial charge on any atom is 0.384 e. The van der Waals surface area contributed by atoms with E-state index >= 15 is 0 Å². The Morgan fingerprint density at radius 2 is 1.64 bits per heavy atom. The molecule has 0 fully saturated rings. The lowest BCUT2D eigenvalue weighted by atomic mass is 10.0. The lowest BCUT2D eigenvalue weighted by Crippen LogP contribution is -2.39. The quantitative estimate of drug-likeness (QED) is 0.646. The third kappa shape index (κ3) is 3.89. The second-order valence-electron chi connectivity index (χ2n) is 7.07. The number of ketones is 1. The predicted molar refractivity (Wildman–Crippen MR) is 133 cm³/mol. The molecule has 5 rings (SSSR count). The summed E-state index contributed by atoms with van der Waals surface area (Å²) in [6.07, 6.45) is -0.349. The SMILES string of the molecule is CN.COc1ccc2c(c1)SC1=C(O2)C(OC)C2=C(C1=[O+]C)N(C)c1ccc(OC)cc1S2. The molecule has 33 heavy (non-hydrogen) atoms. The van der Waals surface area contributed by atoms with Gasteiger partial charge in [-0.1, -0.05) is 23.5 Å². The molecule has 0 bridgehead atoms. The fourth-order valence-corrected chi connectivity index (χ4v) is 6.43. The Hall–Kier alpha value is -2.59. The highest BCUT2D eigenvalue weighted by Gasteiger charge is 2.48. The van der Waals surface area contributed by atoms with Crippen LogP contribution in [0.2, 0.25) is 0 Å². The van der Waals surface area contributed by atoms with Crippen molar-refractivity contribution >= 4 is 35.0 Å². The summed E-state index contributed by atoms with van der Waals surface area (Å²) in [5.41, 5.74) is 6.57. The molecule has 0 radical (unpaired) electrons. The fourth-order valence-electron chi connectivity index (χ4n) is 3.94. The molecule has 0 saturated heterocycles. The van der Waals surface area contributed by atoms with E-state index in [-0.39, 0.29) is 6.10 Å². The predicted octanol–water partition coefficient (Wildman–Crippen LogP) is 4.19. The summed E-state index contributed by atoms with van der Waals surface area (Å²) in [7, 11) is 10.3. The molecule has 2 heterocycles. The van der Waals surface area contributed by atoms with Gasteiger partial charge in [-0.2, -0.15) is 0 Å². The summed E-state index contributed by atoms with van der Waals surface area (Å²) in [6, 6.07) is 11.9. The minimum Gasteiger partial charge on any atom is -0.497 e. The fraction of sp³-hybridized carbons (Fsp3) is 0.292. The molecule has 7 nitrogen and oxygen atoms in total. The Bertz CT molecular complexity index is 1180. The summed E-state index contributed by atoms with van der Waals surface area (Å²) in [4.78, 5) is 6.16. The van der Waals surface area contributed by atoms with Crippen LogP contribution in [0.15, 0.2) is 67.5 Å². The lowest BCUT2D eigenvalue weighted by molar-refractivity contribution is -0.418. The van der Waals surface area contributed by atoms with Gasteiger partial charge in [-0.3, -0.25) is 4.42 Å². The monoisotopic (exact) mass is 487 g/mol. The number of allylic oxidation sites excluding steroid dienone is 1. The van der Waals surface area contributed by atoms with E-state index in [0.29, 0.717) is 0 Å². The van der Waals surface area contributed by atoms with Crippen LogP contribution in [0, 0.1) is 0 Å². The Balaban J connectivity index is 0.00000126. The Morgan fingerprint density at radius 1 is 0.970 bits per heavy atom. The first-order valence-electron chi connectivity index (χ1n) is 10.2. The Morgan fingerprint density at radius 3 is 2.27 bits per heavy atom. The number of thioether (sulfide) groups is 2. The highest BCUT2D eigenvalue weighted by molar-refractivity contribution is 8.04. The molecule has 1 atom stereocenters. The molecule has 9 heteroatoms. The van der Waals surface area contributed by atoms with E-state index in [1.165, 1.54) is 7.05 Å². The van der Waals surface area contributed by atoms with Gasteiger partial charge in [0.05, 0.1) is 29.7 Å². The molecule has 2 aromatic carbocycles. The van der Waals surface area contributed by atoms with E-state index in [2.05, 4.69) is 16.7 Å². The van der Waals surface area contributed by atoms with E-state index < -0.39 is 0 Å². The average Bonchev–Trinajstić information content (AvgIpc) is 2.87. The summed E-state index contributed by atoms with van der Waals surface area (Å²) >= 11 is 3.27. The van der Waals surface area contributed by atoms with Gasteiger partial charge in [0.25, 0.3) is 7.11 Å². The highest BCUT2D eigenvalue weighted by atomic mass is 32.2. The number of fused-ring (bicyclic) bond motifs is 2. The third-order valence-electron chi connectivity index (χ3n) is 5.46. The average molecular weight is 488 g/mol. The van der Waals surface area contributed by atoms with Crippen LogP contribution >= 0.6 is 23.5 Å². The van der Waals surface area contributed by atoms with Gasteiger partial charge in [0.15, 0.2) is 16.4 Å². The smallest absolute Gasteiger partial charge is 0.384 e. The first kappa shape index (κ1) is 23.6. The molecule has 0 saturated carbocycles. The standard InChI is InChI=1S/C23H22NO5S2.CH5N/c1-24-14-8-6-12(25-2)10-16(14)30-22-18(24)19(27-4)23-21(20(22)28-5)29-15-9-7-13(26-3)11-17(15)31-23;1-2/h6-11,20H,1-5H3;2H2,1H3/q+1;. The zero-order valence-electron chi connectivity index (χ0n) is 19.4. The topological polar surface area (TPSA) is 77.5 Å². The largest absolute Gasteiger partial charge is 0.497 e. The maximum absolute atomic E-state index is 6.37. The van der Waals surface area contributed by atoms with Crippen LogP contribution in [0.1, 0.15) is 0 Å². The molecule has 174 valence electrons. The van der Waals surface area contributed by atoms with Gasteiger partial charge in [-0.05, 0) is 43.4 Å². The normalized spacial score (nSPS) is 19.5. The zero-order chi connectivity index (χ0) is 23.7. The van der Waals surface area contributed by atoms with Gasteiger partial charge in [-0.15, -0.1) is 0 Å². The number of hydrogen-bond donors (Lipinski definition) is 1. The van der Waals surface area contributed by atoms with E-state index in [1.807, 2.05) is 37.4 Å². The third-order valence-corrected chi connectivity index (χ3v) is 7.76. The van der Waals surface area contributed by atoms with Gasteiger partial charge >= 0.3 is 5.78 Å². The number of anilines is 1. The van der Waals surface area contributed by atoms with Crippen LogP contribution in [-0.4, -0.2) is 54.4 Å². The summed E-state index contributed by atoms with van der Waals surface area (Å²) < 4.78 is 29.1. The summed E-state index contributed by atoms with van der Waals surface area (Å²) in [5.74, 6) is 3.89. The van der Waals surface area contributed by atoms with Crippen molar-refractivity contribution in [1.29, 1.82) is 0 Å². The number of nitrogens with zero attached hydrogens (tertiary/aromatic N) is 1. The number of hydrogen-bond acceptors (Lipinski definition) is 8. The lowest BCUT2D eigenvalue weighted by Gasteiger charge is -2.37. The van der Waals surface area contributed by atoms with Gasteiger partial charge in [-0.25, -0.2) is 0 Å². The van der Waals surface area contributed by atoms with Crippen LogP contribution in [0.5, 0.6) is 17.2 Å². The molecular weight excluding hydrogens is 460 g/mol. The second kappa shape index (κ2) is 9.72. The number of rotatable bonds is 3. The van der Waals surface area contributed by atoms with Gasteiger partial charge < -0.3 is 29.6 Å². The summed E-state index contributed by atoms with van der Waals surface area (Å²) in [6.45, 7) is 0. The summed E-state index contributed by atoms with van der Waals surface area (Å²) in [5, 5.41) is 0.